The molecular weight excluding hydrogens is 356 g/mol. The standard InChI is InChI=1S/C19H27ClN2O4/c1-19(17(23)24)9-10-22(13-19)18(25)21-12-15(4-3-11-26-2)14-5-7-16(20)8-6-14/h5-8,15H,3-4,9-13H2,1-2H3,(H,21,25)(H,23,24). The molecule has 26 heavy (non-hydrogen) atoms. The number of rotatable bonds is 8. The number of likely N-dealkylation sites (tertiary alicyclic amines) is 1. The van der Waals surface area contributed by atoms with Crippen LogP contribution in [-0.4, -0.2) is 55.4 Å². The Bertz CT molecular complexity index is 622. The van der Waals surface area contributed by atoms with Gasteiger partial charge in [-0.3, -0.25) is 4.79 Å². The largest absolute Gasteiger partial charge is 0.481 e. The van der Waals surface area contributed by atoms with Gasteiger partial charge in [0.15, 0.2) is 0 Å². The number of carboxylic acid groups (broad SMARTS) is 1. The highest BCUT2D eigenvalue weighted by Crippen LogP contribution is 2.30. The molecule has 7 heteroatoms. The molecule has 2 amide bonds. The van der Waals surface area contributed by atoms with Gasteiger partial charge in [0.05, 0.1) is 5.41 Å². The van der Waals surface area contributed by atoms with E-state index in [9.17, 15) is 14.7 Å². The van der Waals surface area contributed by atoms with Gasteiger partial charge in [0.1, 0.15) is 0 Å². The number of halogens is 1. The number of carbonyl (C=O) groups excluding carboxylic acids is 1. The monoisotopic (exact) mass is 382 g/mol. The minimum Gasteiger partial charge on any atom is -0.481 e. The first-order valence-electron chi connectivity index (χ1n) is 8.86. The number of carbonyl (C=O) groups is 2. The predicted molar refractivity (Wildman–Crippen MR) is 101 cm³/mol. The van der Waals surface area contributed by atoms with Crippen LogP contribution in [0.2, 0.25) is 5.02 Å². The van der Waals surface area contributed by atoms with Crippen LogP contribution >= 0.6 is 11.6 Å². The molecule has 2 atom stereocenters. The molecule has 1 fully saturated rings. The van der Waals surface area contributed by atoms with Crippen molar-refractivity contribution in [3.05, 3.63) is 34.9 Å². The predicted octanol–water partition coefficient (Wildman–Crippen LogP) is 3.36. The third-order valence-electron chi connectivity index (χ3n) is 5.02. The highest BCUT2D eigenvalue weighted by atomic mass is 35.5. The summed E-state index contributed by atoms with van der Waals surface area (Å²) >= 11 is 5.96. The average Bonchev–Trinajstić information content (AvgIpc) is 3.02. The summed E-state index contributed by atoms with van der Waals surface area (Å²) in [5.74, 6) is -0.703. The first-order chi connectivity index (χ1) is 12.4. The number of ether oxygens (including phenoxy) is 1. The molecule has 1 saturated heterocycles. The Morgan fingerprint density at radius 1 is 1.38 bits per heavy atom. The summed E-state index contributed by atoms with van der Waals surface area (Å²) in [6.07, 6.45) is 2.24. The molecule has 0 aromatic heterocycles. The highest BCUT2D eigenvalue weighted by Gasteiger charge is 2.42. The fourth-order valence-corrected chi connectivity index (χ4v) is 3.35. The number of carboxylic acids is 1. The molecule has 1 aliphatic heterocycles. The van der Waals surface area contributed by atoms with Crippen molar-refractivity contribution in [2.45, 2.75) is 32.1 Å². The molecule has 6 nitrogen and oxygen atoms in total. The Labute approximate surface area is 159 Å². The van der Waals surface area contributed by atoms with E-state index in [0.717, 1.165) is 18.4 Å². The van der Waals surface area contributed by atoms with Crippen molar-refractivity contribution in [1.29, 1.82) is 0 Å². The van der Waals surface area contributed by atoms with E-state index < -0.39 is 11.4 Å². The minimum atomic E-state index is -0.856. The maximum Gasteiger partial charge on any atom is 0.317 e. The molecule has 0 spiro atoms. The normalized spacial score (nSPS) is 20.8. The van der Waals surface area contributed by atoms with Gasteiger partial charge < -0.3 is 20.1 Å². The molecule has 0 saturated carbocycles. The number of hydrogen-bond donors (Lipinski definition) is 2. The zero-order chi connectivity index (χ0) is 19.2. The molecule has 0 aliphatic carbocycles. The second-order valence-electron chi connectivity index (χ2n) is 7.11. The molecule has 1 aliphatic rings. The molecule has 1 aromatic rings. The summed E-state index contributed by atoms with van der Waals surface area (Å²) in [6.45, 7) is 3.54. The molecule has 1 aromatic carbocycles. The van der Waals surface area contributed by atoms with Gasteiger partial charge in [-0.05, 0) is 43.9 Å². The Morgan fingerprint density at radius 3 is 2.65 bits per heavy atom. The van der Waals surface area contributed by atoms with Gasteiger partial charge in [-0.1, -0.05) is 23.7 Å². The third kappa shape index (κ3) is 5.35. The van der Waals surface area contributed by atoms with Gasteiger partial charge in [0.25, 0.3) is 0 Å². The van der Waals surface area contributed by atoms with E-state index in [-0.39, 0.29) is 18.5 Å². The van der Waals surface area contributed by atoms with Crippen molar-refractivity contribution in [3.8, 4) is 0 Å². The number of amides is 2. The van der Waals surface area contributed by atoms with Gasteiger partial charge in [-0.25, -0.2) is 4.79 Å². The van der Waals surface area contributed by atoms with Gasteiger partial charge >= 0.3 is 12.0 Å². The molecule has 2 rings (SSSR count). The average molecular weight is 383 g/mol. The van der Waals surface area contributed by atoms with Crippen LogP contribution in [0.1, 0.15) is 37.7 Å². The van der Waals surface area contributed by atoms with E-state index in [2.05, 4.69) is 5.32 Å². The van der Waals surface area contributed by atoms with Crippen molar-refractivity contribution in [2.75, 3.05) is 33.4 Å². The lowest BCUT2D eigenvalue weighted by molar-refractivity contribution is -0.147. The fraction of sp³-hybridized carbons (Fsp3) is 0.579. The smallest absolute Gasteiger partial charge is 0.317 e. The molecule has 144 valence electrons. The van der Waals surface area contributed by atoms with Crippen molar-refractivity contribution < 1.29 is 19.4 Å². The van der Waals surface area contributed by atoms with E-state index >= 15 is 0 Å². The van der Waals surface area contributed by atoms with E-state index in [1.54, 1.807) is 18.9 Å². The Morgan fingerprint density at radius 2 is 2.08 bits per heavy atom. The highest BCUT2D eigenvalue weighted by molar-refractivity contribution is 6.30. The Kier molecular flexibility index (Phi) is 7.29. The SMILES string of the molecule is COCCCC(CNC(=O)N1CCC(C)(C(=O)O)C1)c1ccc(Cl)cc1. The van der Waals surface area contributed by atoms with Crippen LogP contribution in [0.4, 0.5) is 4.79 Å². The summed E-state index contributed by atoms with van der Waals surface area (Å²) < 4.78 is 5.13. The summed E-state index contributed by atoms with van der Waals surface area (Å²) in [5, 5.41) is 12.9. The van der Waals surface area contributed by atoms with Crippen molar-refractivity contribution in [1.82, 2.24) is 10.2 Å². The van der Waals surface area contributed by atoms with Crippen LogP contribution < -0.4 is 5.32 Å². The lowest BCUT2D eigenvalue weighted by atomic mass is 9.90. The second-order valence-corrected chi connectivity index (χ2v) is 7.54. The van der Waals surface area contributed by atoms with E-state index in [1.165, 1.54) is 0 Å². The Hall–Kier alpha value is -1.79. The lowest BCUT2D eigenvalue weighted by Crippen LogP contribution is -2.42. The molecule has 0 bridgehead atoms. The number of benzene rings is 1. The van der Waals surface area contributed by atoms with Crippen molar-refractivity contribution >= 4 is 23.6 Å². The molecule has 2 unspecified atom stereocenters. The summed E-state index contributed by atoms with van der Waals surface area (Å²) in [4.78, 5) is 25.4. The van der Waals surface area contributed by atoms with Crippen LogP contribution in [0.25, 0.3) is 0 Å². The minimum absolute atomic E-state index is 0.153. The summed E-state index contributed by atoms with van der Waals surface area (Å²) in [6, 6.07) is 7.44. The van der Waals surface area contributed by atoms with E-state index in [0.29, 0.717) is 31.1 Å². The molecule has 1 heterocycles. The second kappa shape index (κ2) is 9.24. The lowest BCUT2D eigenvalue weighted by Gasteiger charge is -2.23. The van der Waals surface area contributed by atoms with Crippen LogP contribution in [-0.2, 0) is 9.53 Å². The zero-order valence-electron chi connectivity index (χ0n) is 15.3. The zero-order valence-corrected chi connectivity index (χ0v) is 16.1. The molecule has 0 radical (unpaired) electrons. The summed E-state index contributed by atoms with van der Waals surface area (Å²) in [7, 11) is 1.67. The topological polar surface area (TPSA) is 78.9 Å². The van der Waals surface area contributed by atoms with Crippen LogP contribution in [0, 0.1) is 5.41 Å². The van der Waals surface area contributed by atoms with Gasteiger partial charge in [0, 0.05) is 44.3 Å². The van der Waals surface area contributed by atoms with Crippen molar-refractivity contribution in [3.63, 3.8) is 0 Å². The molecule has 2 N–H and O–H groups in total. The molecular formula is C19H27ClN2O4. The number of methoxy groups -OCH3 is 1. The first kappa shape index (κ1) is 20.5. The number of urea groups is 1. The third-order valence-corrected chi connectivity index (χ3v) is 5.27. The van der Waals surface area contributed by atoms with E-state index in [4.69, 9.17) is 16.3 Å². The Balaban J connectivity index is 1.94. The van der Waals surface area contributed by atoms with Gasteiger partial charge in [-0.2, -0.15) is 0 Å². The first-order valence-corrected chi connectivity index (χ1v) is 9.24. The van der Waals surface area contributed by atoms with Crippen LogP contribution in [0.5, 0.6) is 0 Å². The quantitative estimate of drug-likeness (QED) is 0.676. The number of nitrogens with zero attached hydrogens (tertiary/aromatic N) is 1. The van der Waals surface area contributed by atoms with Gasteiger partial charge in [0.2, 0.25) is 0 Å². The summed E-state index contributed by atoms with van der Waals surface area (Å²) in [5.41, 5.74) is 0.258. The van der Waals surface area contributed by atoms with Crippen molar-refractivity contribution in [2.24, 2.45) is 5.41 Å². The van der Waals surface area contributed by atoms with Crippen LogP contribution in [0.15, 0.2) is 24.3 Å². The fourth-order valence-electron chi connectivity index (χ4n) is 3.23. The number of hydrogen-bond acceptors (Lipinski definition) is 3. The van der Waals surface area contributed by atoms with Gasteiger partial charge in [-0.15, -0.1) is 0 Å². The van der Waals surface area contributed by atoms with E-state index in [1.807, 2.05) is 24.3 Å². The maximum absolute atomic E-state index is 12.5. The maximum atomic E-state index is 12.5. The number of nitrogens with one attached hydrogen (secondary N) is 1. The number of aliphatic carboxylic acids is 1. The van der Waals surface area contributed by atoms with Crippen LogP contribution in [0.3, 0.4) is 0 Å².